The molecule has 6 rings (SSSR count). The molecule has 0 aliphatic heterocycles. The summed E-state index contributed by atoms with van der Waals surface area (Å²) in [5.41, 5.74) is -2.31. The number of carbonyl (C=O) groups is 6. The maximum absolute atomic E-state index is 12.9. The number of carboxylic acids is 4. The third kappa shape index (κ3) is 8.94. The first-order chi connectivity index (χ1) is 27.9. The zero-order chi connectivity index (χ0) is 41.3. The molecule has 0 aromatic heterocycles. The van der Waals surface area contributed by atoms with Gasteiger partial charge in [-0.1, -0.05) is 97.1 Å². The average molecular weight is 775 g/mol. The van der Waals surface area contributed by atoms with Crippen LogP contribution in [0.3, 0.4) is 0 Å². The van der Waals surface area contributed by atoms with E-state index in [9.17, 15) is 49.2 Å². The molecule has 0 saturated carbocycles. The van der Waals surface area contributed by atoms with E-state index in [4.69, 9.17) is 9.47 Å². The zero-order valence-corrected chi connectivity index (χ0v) is 30.1. The molecule has 4 N–H and O–H groups in total. The van der Waals surface area contributed by atoms with Crippen LogP contribution in [0.2, 0.25) is 0 Å². The van der Waals surface area contributed by atoms with Crippen molar-refractivity contribution in [2.75, 3.05) is 0 Å². The number of rotatable bonds is 15. The molecule has 6 aromatic carbocycles. The monoisotopic (exact) mass is 774 g/mol. The van der Waals surface area contributed by atoms with Gasteiger partial charge in [-0.25, -0.2) is 19.2 Å². The lowest BCUT2D eigenvalue weighted by Gasteiger charge is -2.21. The summed E-state index contributed by atoms with van der Waals surface area (Å²) in [5.74, 6) is -7.88. The first-order valence-corrected chi connectivity index (χ1v) is 17.3. The lowest BCUT2D eigenvalue weighted by Crippen LogP contribution is -2.15. The standard InChI is InChI=1S/C46H30O12/c47-35(29-7-3-1-4-8-29)23-15-27-11-17-31(18-12-27)57-37-25-21-33(43(49)50)39(45(53)54)41(37)42-38(26-22-34(44(51)52)40(42)46(55)56)58-32-19-13-28(14-20-32)16-24-36(48)30-9-5-2-6-10-30/h1-26H,(H,49,50)(H,51,52)(H,53,54)(H,55,56)/b23-15+,24-16+. The van der Waals surface area contributed by atoms with Crippen LogP contribution < -0.4 is 9.47 Å². The lowest BCUT2D eigenvalue weighted by atomic mass is 9.88. The fourth-order valence-corrected chi connectivity index (χ4v) is 5.92. The number of ether oxygens (including phenoxy) is 2. The molecule has 6 aromatic rings. The molecule has 0 saturated heterocycles. The van der Waals surface area contributed by atoms with E-state index < -0.39 is 57.3 Å². The second-order valence-electron chi connectivity index (χ2n) is 12.4. The first-order valence-electron chi connectivity index (χ1n) is 17.3. The van der Waals surface area contributed by atoms with E-state index >= 15 is 0 Å². The average Bonchev–Trinajstić information content (AvgIpc) is 3.23. The van der Waals surface area contributed by atoms with Crippen molar-refractivity contribution in [3.63, 3.8) is 0 Å². The molecule has 12 nitrogen and oxygen atoms in total. The highest BCUT2D eigenvalue weighted by Gasteiger charge is 2.33. The maximum atomic E-state index is 12.9. The Labute approximate surface area is 329 Å². The quantitative estimate of drug-likeness (QED) is 0.0569. The molecule has 0 radical (unpaired) electrons. The van der Waals surface area contributed by atoms with E-state index in [0.717, 1.165) is 24.3 Å². The number of carboxylic acid groups (broad SMARTS) is 4. The summed E-state index contributed by atoms with van der Waals surface area (Å²) < 4.78 is 12.2. The van der Waals surface area contributed by atoms with Crippen LogP contribution >= 0.6 is 0 Å². The summed E-state index contributed by atoms with van der Waals surface area (Å²) in [4.78, 5) is 75.7. The Morgan fingerprint density at radius 1 is 0.397 bits per heavy atom. The van der Waals surface area contributed by atoms with Gasteiger partial charge >= 0.3 is 23.9 Å². The van der Waals surface area contributed by atoms with Crippen molar-refractivity contribution in [2.45, 2.75) is 0 Å². The molecule has 58 heavy (non-hydrogen) atoms. The SMILES string of the molecule is O=C(/C=C/c1ccc(Oc2ccc(C(=O)O)c(C(=O)O)c2-c2c(Oc3ccc(/C=C/C(=O)c4ccccc4)cc3)ccc(C(=O)O)c2C(=O)O)cc1)c1ccccc1. The lowest BCUT2D eigenvalue weighted by molar-refractivity contribution is 0.0649. The van der Waals surface area contributed by atoms with Gasteiger partial charge in [-0.05, 0) is 71.8 Å². The van der Waals surface area contributed by atoms with Gasteiger partial charge in [0.05, 0.1) is 22.3 Å². The van der Waals surface area contributed by atoms with Crippen LogP contribution in [-0.4, -0.2) is 55.9 Å². The molecule has 0 fully saturated rings. The van der Waals surface area contributed by atoms with Crippen LogP contribution in [0, 0.1) is 0 Å². The largest absolute Gasteiger partial charge is 0.478 e. The summed E-state index contributed by atoms with van der Waals surface area (Å²) in [6.45, 7) is 0. The number of aromatic carboxylic acids is 4. The Kier molecular flexibility index (Phi) is 11.8. The Hall–Kier alpha value is -8.38. The molecule has 286 valence electrons. The number of hydrogen-bond donors (Lipinski definition) is 4. The normalized spacial score (nSPS) is 11.0. The van der Waals surface area contributed by atoms with Gasteiger partial charge < -0.3 is 29.9 Å². The third-order valence-electron chi connectivity index (χ3n) is 8.66. The van der Waals surface area contributed by atoms with Crippen LogP contribution in [0.1, 0.15) is 73.3 Å². The number of carbonyl (C=O) groups excluding carboxylic acids is 2. The summed E-state index contributed by atoms with van der Waals surface area (Å²) in [6, 6.07) is 33.7. The van der Waals surface area contributed by atoms with Crippen LogP contribution in [0.15, 0.2) is 146 Å². The minimum absolute atomic E-state index is 0.0929. The van der Waals surface area contributed by atoms with Crippen molar-refractivity contribution in [2.24, 2.45) is 0 Å². The van der Waals surface area contributed by atoms with E-state index in [1.165, 1.54) is 36.4 Å². The van der Waals surface area contributed by atoms with Crippen LogP contribution in [0.5, 0.6) is 23.0 Å². The topological polar surface area (TPSA) is 202 Å². The van der Waals surface area contributed by atoms with Crippen molar-refractivity contribution in [1.29, 1.82) is 0 Å². The summed E-state index contributed by atoms with van der Waals surface area (Å²) in [5, 5.41) is 41.0. The van der Waals surface area contributed by atoms with Crippen LogP contribution in [0.25, 0.3) is 23.3 Å². The molecule has 0 aliphatic carbocycles. The Bertz CT molecular complexity index is 2440. The van der Waals surface area contributed by atoms with Crippen molar-refractivity contribution in [1.82, 2.24) is 0 Å². The Morgan fingerprint density at radius 3 is 1.05 bits per heavy atom. The predicted molar refractivity (Wildman–Crippen MR) is 212 cm³/mol. The molecule has 0 bridgehead atoms. The highest BCUT2D eigenvalue weighted by Crippen LogP contribution is 2.46. The van der Waals surface area contributed by atoms with Crippen molar-refractivity contribution in [3.05, 3.63) is 190 Å². The third-order valence-corrected chi connectivity index (χ3v) is 8.66. The van der Waals surface area contributed by atoms with Gasteiger partial charge in [-0.2, -0.15) is 0 Å². The van der Waals surface area contributed by atoms with Crippen LogP contribution in [-0.2, 0) is 0 Å². The van der Waals surface area contributed by atoms with Gasteiger partial charge in [-0.3, -0.25) is 9.59 Å². The predicted octanol–water partition coefficient (Wildman–Crippen LogP) is 9.52. The maximum Gasteiger partial charge on any atom is 0.337 e. The molecular formula is C46H30O12. The molecule has 0 aliphatic rings. The van der Waals surface area contributed by atoms with Crippen LogP contribution in [0.4, 0.5) is 0 Å². The smallest absolute Gasteiger partial charge is 0.337 e. The second-order valence-corrected chi connectivity index (χ2v) is 12.4. The molecule has 0 amide bonds. The van der Waals surface area contributed by atoms with Gasteiger partial charge in [0.1, 0.15) is 23.0 Å². The van der Waals surface area contributed by atoms with Crippen molar-refractivity contribution < 1.29 is 58.7 Å². The fourth-order valence-electron chi connectivity index (χ4n) is 5.92. The van der Waals surface area contributed by atoms with E-state index in [2.05, 4.69) is 0 Å². The first kappa shape index (κ1) is 39.3. The minimum Gasteiger partial charge on any atom is -0.478 e. The summed E-state index contributed by atoms with van der Waals surface area (Å²) in [7, 11) is 0. The van der Waals surface area contributed by atoms with Crippen molar-refractivity contribution in [3.8, 4) is 34.1 Å². The molecule has 0 atom stereocenters. The molecular weight excluding hydrogens is 744 g/mol. The molecule has 12 heteroatoms. The summed E-state index contributed by atoms with van der Waals surface area (Å²) >= 11 is 0. The zero-order valence-electron chi connectivity index (χ0n) is 30.1. The van der Waals surface area contributed by atoms with Gasteiger partial charge in [-0.15, -0.1) is 0 Å². The number of benzene rings is 6. The number of hydrogen-bond acceptors (Lipinski definition) is 8. The molecule has 0 heterocycles. The Balaban J connectivity index is 1.43. The van der Waals surface area contributed by atoms with E-state index in [-0.39, 0.29) is 34.6 Å². The number of allylic oxidation sites excluding steroid dienone is 2. The molecule has 0 unspecified atom stereocenters. The fraction of sp³-hybridized carbons (Fsp3) is 0. The molecule has 0 spiro atoms. The second kappa shape index (κ2) is 17.4. The van der Waals surface area contributed by atoms with Gasteiger partial charge in [0.15, 0.2) is 11.6 Å². The van der Waals surface area contributed by atoms with Gasteiger partial charge in [0, 0.05) is 22.3 Å². The van der Waals surface area contributed by atoms with Gasteiger partial charge in [0.25, 0.3) is 0 Å². The summed E-state index contributed by atoms with van der Waals surface area (Å²) in [6.07, 6.45) is 5.91. The number of ketones is 2. The minimum atomic E-state index is -1.79. The highest BCUT2D eigenvalue weighted by molar-refractivity contribution is 6.14. The van der Waals surface area contributed by atoms with E-state index in [1.54, 1.807) is 97.1 Å². The van der Waals surface area contributed by atoms with E-state index in [1.807, 2.05) is 0 Å². The van der Waals surface area contributed by atoms with Crippen molar-refractivity contribution >= 4 is 47.6 Å². The van der Waals surface area contributed by atoms with Gasteiger partial charge in [0.2, 0.25) is 0 Å². The Morgan fingerprint density at radius 2 is 0.741 bits per heavy atom. The highest BCUT2D eigenvalue weighted by atomic mass is 16.5. The van der Waals surface area contributed by atoms with E-state index in [0.29, 0.717) is 22.3 Å².